The molecule has 0 unspecified atom stereocenters. The molecule has 0 aliphatic heterocycles. The van der Waals surface area contributed by atoms with Crippen molar-refractivity contribution in [2.24, 2.45) is 0 Å². The molecule has 0 bridgehead atoms. The second kappa shape index (κ2) is 6.20. The van der Waals surface area contributed by atoms with Crippen LogP contribution >= 0.6 is 0 Å². The van der Waals surface area contributed by atoms with Gasteiger partial charge < -0.3 is 10.1 Å². The number of anilines is 1. The van der Waals surface area contributed by atoms with Gasteiger partial charge >= 0.3 is 0 Å². The fourth-order valence-electron chi connectivity index (χ4n) is 2.97. The zero-order valence-electron chi connectivity index (χ0n) is 12.8. The predicted molar refractivity (Wildman–Crippen MR) is 85.3 cm³/mol. The van der Waals surface area contributed by atoms with Gasteiger partial charge in [0.05, 0.1) is 18.0 Å². The van der Waals surface area contributed by atoms with Crippen LogP contribution in [0, 0.1) is 6.92 Å². The molecule has 1 aromatic carbocycles. The van der Waals surface area contributed by atoms with Crippen LogP contribution in [0.4, 0.5) is 5.95 Å². The van der Waals surface area contributed by atoms with Gasteiger partial charge in [0, 0.05) is 12.2 Å². The van der Waals surface area contributed by atoms with Crippen molar-refractivity contribution in [3.8, 4) is 11.4 Å². The molecule has 0 saturated heterocycles. The Bertz CT molecular complexity index is 600. The monoisotopic (exact) mass is 285 g/mol. The van der Waals surface area contributed by atoms with Crippen molar-refractivity contribution in [2.45, 2.75) is 45.6 Å². The topological polar surface area (TPSA) is 39.1 Å². The number of aryl methyl sites for hydroxylation is 1. The maximum Gasteiger partial charge on any atom is 0.208 e. The fraction of sp³-hybridized carbons (Fsp3) is 0.471. The van der Waals surface area contributed by atoms with Gasteiger partial charge in [-0.25, -0.2) is 4.98 Å². The minimum Gasteiger partial charge on any atom is -0.492 e. The Kier molecular flexibility index (Phi) is 4.13. The van der Waals surface area contributed by atoms with Gasteiger partial charge in [-0.15, -0.1) is 0 Å². The first-order valence-electron chi connectivity index (χ1n) is 7.82. The van der Waals surface area contributed by atoms with Crippen LogP contribution < -0.4 is 10.1 Å². The molecule has 3 rings (SSSR count). The Morgan fingerprint density at radius 1 is 1.29 bits per heavy atom. The van der Waals surface area contributed by atoms with E-state index in [0.29, 0.717) is 12.6 Å². The third kappa shape index (κ3) is 3.04. The second-order valence-corrected chi connectivity index (χ2v) is 5.60. The maximum atomic E-state index is 5.75. The van der Waals surface area contributed by atoms with Crippen LogP contribution in [-0.4, -0.2) is 22.2 Å². The summed E-state index contributed by atoms with van der Waals surface area (Å²) in [4.78, 5) is 4.65. The van der Waals surface area contributed by atoms with Crippen molar-refractivity contribution in [2.75, 3.05) is 11.9 Å². The summed E-state index contributed by atoms with van der Waals surface area (Å²) in [5.74, 6) is 1.82. The molecule has 1 aliphatic rings. The van der Waals surface area contributed by atoms with Crippen molar-refractivity contribution < 1.29 is 4.74 Å². The molecule has 1 N–H and O–H groups in total. The molecule has 0 atom stereocenters. The van der Waals surface area contributed by atoms with Gasteiger partial charge in [0.2, 0.25) is 5.95 Å². The van der Waals surface area contributed by atoms with Crippen molar-refractivity contribution in [1.29, 1.82) is 0 Å². The van der Waals surface area contributed by atoms with E-state index in [4.69, 9.17) is 4.74 Å². The van der Waals surface area contributed by atoms with E-state index < -0.39 is 0 Å². The van der Waals surface area contributed by atoms with E-state index in [1.807, 2.05) is 32.0 Å². The summed E-state index contributed by atoms with van der Waals surface area (Å²) in [7, 11) is 0. The number of ether oxygens (including phenoxy) is 1. The van der Waals surface area contributed by atoms with E-state index in [0.717, 1.165) is 23.1 Å². The highest BCUT2D eigenvalue weighted by Crippen LogP contribution is 2.28. The number of hydrogen-bond acceptors (Lipinski definition) is 3. The van der Waals surface area contributed by atoms with Crippen LogP contribution in [0.25, 0.3) is 5.69 Å². The highest BCUT2D eigenvalue weighted by molar-refractivity contribution is 5.52. The zero-order chi connectivity index (χ0) is 14.7. The molecule has 0 spiro atoms. The molecule has 1 fully saturated rings. The Labute approximate surface area is 126 Å². The average Bonchev–Trinajstić information content (AvgIpc) is 3.10. The van der Waals surface area contributed by atoms with Gasteiger partial charge in [0.15, 0.2) is 0 Å². The van der Waals surface area contributed by atoms with Crippen LogP contribution in [0.2, 0.25) is 0 Å². The molecular weight excluding hydrogens is 262 g/mol. The number of nitrogens with zero attached hydrogens (tertiary/aromatic N) is 2. The first-order valence-corrected chi connectivity index (χ1v) is 7.82. The van der Waals surface area contributed by atoms with Crippen molar-refractivity contribution in [3.05, 3.63) is 36.2 Å². The van der Waals surface area contributed by atoms with Gasteiger partial charge in [0.1, 0.15) is 5.75 Å². The lowest BCUT2D eigenvalue weighted by molar-refractivity contribution is 0.339. The standard InChI is InChI=1S/C17H23N3O/c1-3-21-16-11-7-6-10-15(16)20-12-13(2)18-17(20)19-14-8-4-5-9-14/h6-7,10-12,14H,3-5,8-9H2,1-2H3,(H,18,19). The first-order chi connectivity index (χ1) is 10.3. The molecule has 1 aliphatic carbocycles. The summed E-state index contributed by atoms with van der Waals surface area (Å²) in [6.07, 6.45) is 7.16. The van der Waals surface area contributed by atoms with Gasteiger partial charge in [-0.1, -0.05) is 25.0 Å². The highest BCUT2D eigenvalue weighted by atomic mass is 16.5. The number of nitrogens with one attached hydrogen (secondary N) is 1. The largest absolute Gasteiger partial charge is 0.492 e. The van der Waals surface area contributed by atoms with Crippen molar-refractivity contribution in [3.63, 3.8) is 0 Å². The number of imidazole rings is 1. The molecule has 1 saturated carbocycles. The van der Waals surface area contributed by atoms with Gasteiger partial charge in [-0.3, -0.25) is 4.57 Å². The Balaban J connectivity index is 1.94. The zero-order valence-corrected chi connectivity index (χ0v) is 12.8. The number of para-hydroxylation sites is 2. The minimum absolute atomic E-state index is 0.546. The third-order valence-corrected chi connectivity index (χ3v) is 3.94. The predicted octanol–water partition coefficient (Wildman–Crippen LogP) is 3.93. The number of aromatic nitrogens is 2. The van der Waals surface area contributed by atoms with Crippen molar-refractivity contribution in [1.82, 2.24) is 9.55 Å². The van der Waals surface area contributed by atoms with Crippen LogP contribution in [0.15, 0.2) is 30.5 Å². The number of hydrogen-bond donors (Lipinski definition) is 1. The summed E-state index contributed by atoms with van der Waals surface area (Å²) < 4.78 is 7.86. The lowest BCUT2D eigenvalue weighted by Crippen LogP contribution is -2.17. The highest BCUT2D eigenvalue weighted by Gasteiger charge is 2.18. The molecule has 4 heteroatoms. The molecular formula is C17H23N3O. The number of benzene rings is 1. The van der Waals surface area contributed by atoms with Crippen LogP contribution in [0.5, 0.6) is 5.75 Å². The van der Waals surface area contributed by atoms with E-state index in [1.54, 1.807) is 0 Å². The fourth-order valence-corrected chi connectivity index (χ4v) is 2.97. The van der Waals surface area contributed by atoms with E-state index in [-0.39, 0.29) is 0 Å². The van der Waals surface area contributed by atoms with E-state index in [9.17, 15) is 0 Å². The summed E-state index contributed by atoms with van der Waals surface area (Å²) >= 11 is 0. The van der Waals surface area contributed by atoms with E-state index in [2.05, 4.69) is 27.1 Å². The first kappa shape index (κ1) is 14.0. The summed E-state index contributed by atoms with van der Waals surface area (Å²) in [5.41, 5.74) is 2.06. The normalized spacial score (nSPS) is 15.3. The van der Waals surface area contributed by atoms with Crippen LogP contribution in [0.1, 0.15) is 38.3 Å². The van der Waals surface area contributed by atoms with Crippen molar-refractivity contribution >= 4 is 5.95 Å². The lowest BCUT2D eigenvalue weighted by atomic mass is 10.2. The molecule has 112 valence electrons. The molecule has 21 heavy (non-hydrogen) atoms. The summed E-state index contributed by atoms with van der Waals surface area (Å²) in [6.45, 7) is 4.70. The summed E-state index contributed by atoms with van der Waals surface area (Å²) in [5, 5.41) is 3.59. The SMILES string of the molecule is CCOc1ccccc1-n1cc(C)nc1NC1CCCC1. The Hall–Kier alpha value is -1.97. The van der Waals surface area contributed by atoms with Crippen LogP contribution in [0.3, 0.4) is 0 Å². The van der Waals surface area contributed by atoms with E-state index >= 15 is 0 Å². The lowest BCUT2D eigenvalue weighted by Gasteiger charge is -2.16. The molecule has 1 aromatic heterocycles. The Morgan fingerprint density at radius 3 is 2.81 bits per heavy atom. The maximum absolute atomic E-state index is 5.75. The van der Waals surface area contributed by atoms with Gasteiger partial charge in [-0.05, 0) is 38.8 Å². The minimum atomic E-state index is 0.546. The quantitative estimate of drug-likeness (QED) is 0.904. The molecule has 4 nitrogen and oxygen atoms in total. The molecule has 2 aromatic rings. The van der Waals surface area contributed by atoms with E-state index in [1.165, 1.54) is 25.7 Å². The molecule has 0 radical (unpaired) electrons. The molecule has 1 heterocycles. The van der Waals surface area contributed by atoms with Gasteiger partial charge in [-0.2, -0.15) is 0 Å². The average molecular weight is 285 g/mol. The smallest absolute Gasteiger partial charge is 0.208 e. The Morgan fingerprint density at radius 2 is 2.05 bits per heavy atom. The summed E-state index contributed by atoms with van der Waals surface area (Å²) in [6, 6.07) is 8.67. The second-order valence-electron chi connectivity index (χ2n) is 5.60. The third-order valence-electron chi connectivity index (χ3n) is 3.94. The van der Waals surface area contributed by atoms with Crippen LogP contribution in [-0.2, 0) is 0 Å². The van der Waals surface area contributed by atoms with Gasteiger partial charge in [0.25, 0.3) is 0 Å². The number of rotatable bonds is 5. The molecule has 0 amide bonds.